The summed E-state index contributed by atoms with van der Waals surface area (Å²) in [5.74, 6) is -0.478. The Hall–Kier alpha value is -2.43. The summed E-state index contributed by atoms with van der Waals surface area (Å²) in [6.07, 6.45) is 1.49. The van der Waals surface area contributed by atoms with Crippen LogP contribution in [-0.4, -0.2) is 28.8 Å². The summed E-state index contributed by atoms with van der Waals surface area (Å²) < 4.78 is 5.55. The molecule has 0 fully saturated rings. The fourth-order valence-corrected chi connectivity index (χ4v) is 1.97. The van der Waals surface area contributed by atoms with Crippen LogP contribution in [0.4, 0.5) is 0 Å². The zero-order chi connectivity index (χ0) is 15.8. The van der Waals surface area contributed by atoms with E-state index >= 15 is 0 Å². The van der Waals surface area contributed by atoms with Crippen molar-refractivity contribution in [2.45, 2.75) is 12.6 Å². The maximum atomic E-state index is 12.2. The number of hydrogen-bond donors (Lipinski definition) is 1. The van der Waals surface area contributed by atoms with Crippen LogP contribution in [0.5, 0.6) is 0 Å². The third-order valence-corrected chi connectivity index (χ3v) is 3.22. The van der Waals surface area contributed by atoms with E-state index < -0.39 is 11.9 Å². The van der Waals surface area contributed by atoms with Gasteiger partial charge in [-0.05, 0) is 17.7 Å². The van der Waals surface area contributed by atoms with Crippen LogP contribution in [0.2, 0.25) is 0 Å². The third-order valence-electron chi connectivity index (χ3n) is 3.22. The Kier molecular flexibility index (Phi) is 5.89. The molecule has 1 atom stereocenters. The zero-order valence-electron chi connectivity index (χ0n) is 12.3. The first-order valence-corrected chi connectivity index (χ1v) is 7.04. The minimum atomic E-state index is -0.601. The molecule has 0 aliphatic heterocycles. The molecule has 1 amide bonds. The molecule has 2 rings (SSSR count). The van der Waals surface area contributed by atoms with Crippen molar-refractivity contribution in [1.82, 2.24) is 5.06 Å². The lowest BCUT2D eigenvalue weighted by Gasteiger charge is -2.23. The SMILES string of the molecule is C=CC(COCc1ccccc1)N(O)C(=O)c1ccccc1. The molecule has 0 aromatic heterocycles. The van der Waals surface area contributed by atoms with Crippen molar-refractivity contribution < 1.29 is 14.7 Å². The smallest absolute Gasteiger partial charge is 0.277 e. The third kappa shape index (κ3) is 4.28. The first-order valence-electron chi connectivity index (χ1n) is 7.04. The lowest BCUT2D eigenvalue weighted by atomic mass is 10.2. The molecule has 1 unspecified atom stereocenters. The van der Waals surface area contributed by atoms with Crippen molar-refractivity contribution in [3.8, 4) is 0 Å². The number of carbonyl (C=O) groups is 1. The number of hydrogen-bond acceptors (Lipinski definition) is 3. The summed E-state index contributed by atoms with van der Waals surface area (Å²) >= 11 is 0. The maximum absolute atomic E-state index is 12.2. The van der Waals surface area contributed by atoms with Gasteiger partial charge in [-0.25, -0.2) is 5.06 Å². The summed E-state index contributed by atoms with van der Waals surface area (Å²) in [4.78, 5) is 12.2. The molecule has 2 aromatic rings. The van der Waals surface area contributed by atoms with Crippen LogP contribution >= 0.6 is 0 Å². The second kappa shape index (κ2) is 8.12. The Morgan fingerprint density at radius 1 is 1.14 bits per heavy atom. The van der Waals surface area contributed by atoms with Crippen molar-refractivity contribution in [3.63, 3.8) is 0 Å². The second-order valence-electron chi connectivity index (χ2n) is 4.82. The molecule has 114 valence electrons. The van der Waals surface area contributed by atoms with Crippen LogP contribution in [0.15, 0.2) is 73.3 Å². The maximum Gasteiger partial charge on any atom is 0.277 e. The first kappa shape index (κ1) is 15.9. The molecule has 0 bridgehead atoms. The summed E-state index contributed by atoms with van der Waals surface area (Å²) in [5.41, 5.74) is 1.45. The highest BCUT2D eigenvalue weighted by atomic mass is 16.5. The summed E-state index contributed by atoms with van der Waals surface area (Å²) in [6.45, 7) is 4.24. The van der Waals surface area contributed by atoms with Crippen LogP contribution in [0.1, 0.15) is 15.9 Å². The number of ether oxygens (including phenoxy) is 1. The molecule has 4 heteroatoms. The van der Waals surface area contributed by atoms with Crippen molar-refractivity contribution >= 4 is 5.91 Å². The number of hydroxylamine groups is 2. The molecule has 4 nitrogen and oxygen atoms in total. The molecule has 2 aromatic carbocycles. The highest BCUT2D eigenvalue weighted by Crippen LogP contribution is 2.09. The van der Waals surface area contributed by atoms with Gasteiger partial charge in [-0.3, -0.25) is 10.0 Å². The van der Waals surface area contributed by atoms with E-state index in [0.717, 1.165) is 5.56 Å². The van der Waals surface area contributed by atoms with Gasteiger partial charge in [-0.2, -0.15) is 0 Å². The monoisotopic (exact) mass is 297 g/mol. The molecule has 0 saturated heterocycles. The number of benzene rings is 2. The Balaban J connectivity index is 1.90. The summed E-state index contributed by atoms with van der Waals surface area (Å²) in [6, 6.07) is 17.7. The molecule has 0 aliphatic carbocycles. The molecule has 0 radical (unpaired) electrons. The molecule has 22 heavy (non-hydrogen) atoms. The molecular weight excluding hydrogens is 278 g/mol. The highest BCUT2D eigenvalue weighted by molar-refractivity contribution is 5.93. The van der Waals surface area contributed by atoms with E-state index in [-0.39, 0.29) is 6.61 Å². The quantitative estimate of drug-likeness (QED) is 0.485. The predicted molar refractivity (Wildman–Crippen MR) is 84.5 cm³/mol. The number of rotatable bonds is 7. The van der Waals surface area contributed by atoms with Gasteiger partial charge < -0.3 is 4.74 Å². The van der Waals surface area contributed by atoms with Gasteiger partial charge in [0.05, 0.1) is 13.2 Å². The lowest BCUT2D eigenvalue weighted by molar-refractivity contribution is -0.0947. The van der Waals surface area contributed by atoms with Gasteiger partial charge in [-0.15, -0.1) is 6.58 Å². The van der Waals surface area contributed by atoms with Crippen LogP contribution in [-0.2, 0) is 11.3 Å². The normalized spacial score (nSPS) is 11.7. The molecule has 0 aliphatic rings. The summed E-state index contributed by atoms with van der Waals surface area (Å²) in [7, 11) is 0. The van der Waals surface area contributed by atoms with E-state index in [0.29, 0.717) is 17.2 Å². The van der Waals surface area contributed by atoms with Gasteiger partial charge >= 0.3 is 0 Å². The molecular formula is C18H19NO3. The van der Waals surface area contributed by atoms with Gasteiger partial charge in [0.15, 0.2) is 0 Å². The van der Waals surface area contributed by atoms with Gasteiger partial charge in [0.1, 0.15) is 6.04 Å². The Morgan fingerprint density at radius 2 is 1.73 bits per heavy atom. The van der Waals surface area contributed by atoms with E-state index in [1.807, 2.05) is 36.4 Å². The van der Waals surface area contributed by atoms with Gasteiger partial charge in [0.2, 0.25) is 0 Å². The van der Waals surface area contributed by atoms with Crippen molar-refractivity contribution in [1.29, 1.82) is 0 Å². The lowest BCUT2D eigenvalue weighted by Crippen LogP contribution is -2.39. The topological polar surface area (TPSA) is 49.8 Å². The van der Waals surface area contributed by atoms with Gasteiger partial charge in [-0.1, -0.05) is 54.6 Å². The zero-order valence-corrected chi connectivity index (χ0v) is 12.3. The van der Waals surface area contributed by atoms with Gasteiger partial charge in [0.25, 0.3) is 5.91 Å². The van der Waals surface area contributed by atoms with E-state index in [4.69, 9.17) is 4.74 Å². The Morgan fingerprint density at radius 3 is 2.32 bits per heavy atom. The molecule has 1 N–H and O–H groups in total. The second-order valence-corrected chi connectivity index (χ2v) is 4.82. The molecule has 0 heterocycles. The fraction of sp³-hybridized carbons (Fsp3) is 0.167. The average Bonchev–Trinajstić information content (AvgIpc) is 2.59. The van der Waals surface area contributed by atoms with Crippen LogP contribution in [0, 0.1) is 0 Å². The Bertz CT molecular complexity index is 598. The minimum Gasteiger partial charge on any atom is -0.374 e. The van der Waals surface area contributed by atoms with Crippen molar-refractivity contribution in [2.75, 3.05) is 6.61 Å². The number of carbonyl (C=O) groups excluding carboxylic acids is 1. The minimum absolute atomic E-state index is 0.174. The van der Waals surface area contributed by atoms with Gasteiger partial charge in [0, 0.05) is 5.56 Å². The standard InChI is InChI=1S/C18H19NO3/c1-2-17(14-22-13-15-9-5-3-6-10-15)19(21)18(20)16-11-7-4-8-12-16/h2-12,17,21H,1,13-14H2. The first-order chi connectivity index (χ1) is 10.7. The van der Waals surface area contributed by atoms with E-state index in [9.17, 15) is 10.0 Å². The van der Waals surface area contributed by atoms with Crippen LogP contribution in [0.25, 0.3) is 0 Å². The number of amides is 1. The van der Waals surface area contributed by atoms with E-state index in [2.05, 4.69) is 6.58 Å². The number of nitrogens with zero attached hydrogens (tertiary/aromatic N) is 1. The van der Waals surface area contributed by atoms with E-state index in [1.54, 1.807) is 24.3 Å². The molecule has 0 spiro atoms. The van der Waals surface area contributed by atoms with Crippen molar-refractivity contribution in [2.24, 2.45) is 0 Å². The van der Waals surface area contributed by atoms with Crippen LogP contribution < -0.4 is 0 Å². The largest absolute Gasteiger partial charge is 0.374 e. The van der Waals surface area contributed by atoms with Crippen LogP contribution in [0.3, 0.4) is 0 Å². The van der Waals surface area contributed by atoms with Crippen molar-refractivity contribution in [3.05, 3.63) is 84.4 Å². The highest BCUT2D eigenvalue weighted by Gasteiger charge is 2.21. The Labute approximate surface area is 130 Å². The predicted octanol–water partition coefficient (Wildman–Crippen LogP) is 3.29. The average molecular weight is 297 g/mol. The molecule has 0 saturated carbocycles. The van der Waals surface area contributed by atoms with E-state index in [1.165, 1.54) is 6.08 Å². The summed E-state index contributed by atoms with van der Waals surface area (Å²) in [5, 5.41) is 10.7. The fourth-order valence-electron chi connectivity index (χ4n) is 1.97.